The van der Waals surface area contributed by atoms with Crippen molar-refractivity contribution in [3.63, 3.8) is 0 Å². The van der Waals surface area contributed by atoms with Crippen molar-refractivity contribution in [1.29, 1.82) is 0 Å². The largest absolute Gasteiger partial charge is 0.269 e. The molecule has 100 valence electrons. The van der Waals surface area contributed by atoms with Gasteiger partial charge in [-0.05, 0) is 43.2 Å². The molecule has 0 bridgehead atoms. The van der Waals surface area contributed by atoms with Gasteiger partial charge in [-0.2, -0.15) is 0 Å². The Morgan fingerprint density at radius 1 is 0.947 bits per heavy atom. The van der Waals surface area contributed by atoms with Crippen LogP contribution in [-0.2, 0) is 10.0 Å². The van der Waals surface area contributed by atoms with Crippen LogP contribution in [-0.4, -0.2) is 15.5 Å². The molecule has 0 saturated carbocycles. The van der Waals surface area contributed by atoms with E-state index in [9.17, 15) is 8.42 Å². The van der Waals surface area contributed by atoms with E-state index in [1.54, 1.807) is 38.2 Å². The van der Waals surface area contributed by atoms with Crippen LogP contribution < -0.4 is 4.31 Å². The molecule has 0 heterocycles. The number of aryl methyl sites for hydroxylation is 2. The third-order valence-corrected chi connectivity index (χ3v) is 5.04. The zero-order valence-corrected chi connectivity index (χ0v) is 12.1. The normalized spacial score (nSPS) is 11.3. The highest BCUT2D eigenvalue weighted by atomic mass is 32.2. The van der Waals surface area contributed by atoms with Crippen molar-refractivity contribution in [2.24, 2.45) is 0 Å². The molecule has 0 atom stereocenters. The van der Waals surface area contributed by atoms with Crippen LogP contribution in [0.1, 0.15) is 11.1 Å². The lowest BCUT2D eigenvalue weighted by molar-refractivity contribution is 0.594. The van der Waals surface area contributed by atoms with Crippen LogP contribution in [0.2, 0.25) is 0 Å². The van der Waals surface area contributed by atoms with Gasteiger partial charge in [0.25, 0.3) is 10.0 Å². The minimum absolute atomic E-state index is 0.346. The highest BCUT2D eigenvalue weighted by Gasteiger charge is 2.22. The van der Waals surface area contributed by atoms with Crippen LogP contribution in [0.5, 0.6) is 0 Å². The molecule has 0 N–H and O–H groups in total. The van der Waals surface area contributed by atoms with Crippen molar-refractivity contribution in [1.82, 2.24) is 0 Å². The van der Waals surface area contributed by atoms with Gasteiger partial charge in [0.2, 0.25) is 0 Å². The molecule has 0 fully saturated rings. The van der Waals surface area contributed by atoms with Gasteiger partial charge in [-0.15, -0.1) is 0 Å². The minimum atomic E-state index is -3.51. The lowest BCUT2D eigenvalue weighted by atomic mass is 10.2. The number of rotatable bonds is 3. The average Bonchev–Trinajstić information content (AvgIpc) is 2.38. The first-order valence-electron chi connectivity index (χ1n) is 6.04. The maximum absolute atomic E-state index is 12.6. The summed E-state index contributed by atoms with van der Waals surface area (Å²) in [4.78, 5) is 0.346. The van der Waals surface area contributed by atoms with Crippen LogP contribution in [0.25, 0.3) is 0 Å². The summed E-state index contributed by atoms with van der Waals surface area (Å²) in [5, 5.41) is 0. The third-order valence-electron chi connectivity index (χ3n) is 3.10. The van der Waals surface area contributed by atoms with E-state index in [0.717, 1.165) is 11.1 Å². The zero-order chi connectivity index (χ0) is 14.0. The number of anilines is 1. The highest BCUT2D eigenvalue weighted by molar-refractivity contribution is 7.92. The summed E-state index contributed by atoms with van der Waals surface area (Å²) in [6, 6.07) is 14.5. The van der Waals surface area contributed by atoms with Crippen LogP contribution in [0.15, 0.2) is 53.4 Å². The Hall–Kier alpha value is -1.81. The van der Waals surface area contributed by atoms with Gasteiger partial charge >= 0.3 is 0 Å². The topological polar surface area (TPSA) is 37.4 Å². The molecule has 2 aromatic carbocycles. The molecule has 3 nitrogen and oxygen atoms in total. The smallest absolute Gasteiger partial charge is 0.264 e. The standard InChI is InChI=1S/C15H17NO2S/c1-12-7-6-9-14(11-12)16(3)19(17,18)15-10-5-4-8-13(15)2/h4-11H,1-3H3. The van der Waals surface area contributed by atoms with Crippen molar-refractivity contribution >= 4 is 15.7 Å². The fourth-order valence-electron chi connectivity index (χ4n) is 1.96. The van der Waals surface area contributed by atoms with E-state index in [2.05, 4.69) is 0 Å². The zero-order valence-electron chi connectivity index (χ0n) is 11.3. The van der Waals surface area contributed by atoms with Crippen LogP contribution in [0.4, 0.5) is 5.69 Å². The second-order valence-corrected chi connectivity index (χ2v) is 6.51. The molecule has 0 aliphatic rings. The lowest BCUT2D eigenvalue weighted by Crippen LogP contribution is -2.27. The van der Waals surface area contributed by atoms with E-state index in [1.165, 1.54) is 4.31 Å². The van der Waals surface area contributed by atoms with Gasteiger partial charge in [-0.3, -0.25) is 4.31 Å². The Kier molecular flexibility index (Phi) is 3.62. The van der Waals surface area contributed by atoms with E-state index < -0.39 is 10.0 Å². The summed E-state index contributed by atoms with van der Waals surface area (Å²) in [6.07, 6.45) is 0. The molecule has 0 aliphatic carbocycles. The molecular weight excluding hydrogens is 258 g/mol. The quantitative estimate of drug-likeness (QED) is 0.863. The maximum Gasteiger partial charge on any atom is 0.264 e. The summed E-state index contributed by atoms with van der Waals surface area (Å²) in [5.41, 5.74) is 2.45. The molecule has 0 spiro atoms. The van der Waals surface area contributed by atoms with E-state index in [1.807, 2.05) is 31.2 Å². The second-order valence-electron chi connectivity index (χ2n) is 4.58. The Bertz CT molecular complexity index is 693. The number of sulfonamides is 1. The van der Waals surface area contributed by atoms with Crippen molar-refractivity contribution in [3.8, 4) is 0 Å². The number of nitrogens with zero attached hydrogens (tertiary/aromatic N) is 1. The lowest BCUT2D eigenvalue weighted by Gasteiger charge is -2.21. The Labute approximate surface area is 114 Å². The molecule has 0 unspecified atom stereocenters. The van der Waals surface area contributed by atoms with Crippen LogP contribution >= 0.6 is 0 Å². The molecule has 0 aliphatic heterocycles. The van der Waals surface area contributed by atoms with Crippen molar-refractivity contribution in [3.05, 3.63) is 59.7 Å². The van der Waals surface area contributed by atoms with Crippen LogP contribution in [0, 0.1) is 13.8 Å². The number of hydrogen-bond acceptors (Lipinski definition) is 2. The van der Waals surface area contributed by atoms with Crippen molar-refractivity contribution in [2.45, 2.75) is 18.7 Å². The molecule has 2 aromatic rings. The monoisotopic (exact) mass is 275 g/mol. The fraction of sp³-hybridized carbons (Fsp3) is 0.200. The van der Waals surface area contributed by atoms with Gasteiger partial charge in [0.15, 0.2) is 0 Å². The molecular formula is C15H17NO2S. The van der Waals surface area contributed by atoms with Gasteiger partial charge in [0.05, 0.1) is 10.6 Å². The maximum atomic E-state index is 12.6. The highest BCUT2D eigenvalue weighted by Crippen LogP contribution is 2.24. The summed E-state index contributed by atoms with van der Waals surface area (Å²) >= 11 is 0. The van der Waals surface area contributed by atoms with E-state index in [0.29, 0.717) is 10.6 Å². The van der Waals surface area contributed by atoms with Gasteiger partial charge < -0.3 is 0 Å². The third kappa shape index (κ3) is 2.63. The Morgan fingerprint density at radius 2 is 1.63 bits per heavy atom. The first-order chi connectivity index (χ1) is 8.93. The molecule has 0 saturated heterocycles. The molecule has 0 radical (unpaired) electrons. The molecule has 4 heteroatoms. The van der Waals surface area contributed by atoms with Crippen molar-refractivity contribution < 1.29 is 8.42 Å². The van der Waals surface area contributed by atoms with E-state index in [-0.39, 0.29) is 0 Å². The number of hydrogen-bond donors (Lipinski definition) is 0. The fourth-order valence-corrected chi connectivity index (χ4v) is 3.37. The molecule has 19 heavy (non-hydrogen) atoms. The first kappa shape index (κ1) is 13.6. The predicted octanol–water partition coefficient (Wildman–Crippen LogP) is 3.13. The molecule has 0 amide bonds. The van der Waals surface area contributed by atoms with Gasteiger partial charge in [-0.1, -0.05) is 30.3 Å². The summed E-state index contributed by atoms with van der Waals surface area (Å²) in [7, 11) is -1.93. The molecule has 2 rings (SSSR count). The van der Waals surface area contributed by atoms with Gasteiger partial charge in [0.1, 0.15) is 0 Å². The summed E-state index contributed by atoms with van der Waals surface area (Å²) in [6.45, 7) is 3.74. The van der Waals surface area contributed by atoms with Crippen LogP contribution in [0.3, 0.4) is 0 Å². The summed E-state index contributed by atoms with van der Waals surface area (Å²) < 4.78 is 26.5. The Balaban J connectivity index is 2.49. The first-order valence-corrected chi connectivity index (χ1v) is 7.48. The van der Waals surface area contributed by atoms with E-state index >= 15 is 0 Å². The van der Waals surface area contributed by atoms with E-state index in [4.69, 9.17) is 0 Å². The second kappa shape index (κ2) is 5.05. The summed E-state index contributed by atoms with van der Waals surface area (Å²) in [5.74, 6) is 0. The average molecular weight is 275 g/mol. The van der Waals surface area contributed by atoms with Crippen molar-refractivity contribution in [2.75, 3.05) is 11.4 Å². The number of benzene rings is 2. The SMILES string of the molecule is Cc1cccc(N(C)S(=O)(=O)c2ccccc2C)c1. The van der Waals surface area contributed by atoms with Gasteiger partial charge in [0, 0.05) is 7.05 Å². The minimum Gasteiger partial charge on any atom is -0.269 e. The molecule has 0 aromatic heterocycles. The predicted molar refractivity (Wildman–Crippen MR) is 77.9 cm³/mol. The van der Waals surface area contributed by atoms with Gasteiger partial charge in [-0.25, -0.2) is 8.42 Å². The Morgan fingerprint density at radius 3 is 2.26 bits per heavy atom.